The fourth-order valence-corrected chi connectivity index (χ4v) is 7.63. The fraction of sp³-hybridized carbons (Fsp3) is 0. The van der Waals surface area contributed by atoms with E-state index in [1.54, 1.807) is 0 Å². The van der Waals surface area contributed by atoms with Crippen LogP contribution in [0, 0.1) is 0 Å². The molecule has 10 aromatic rings. The van der Waals surface area contributed by atoms with Crippen molar-refractivity contribution in [3.05, 3.63) is 182 Å². The summed E-state index contributed by atoms with van der Waals surface area (Å²) < 4.78 is 4.84. The van der Waals surface area contributed by atoms with E-state index in [-0.39, 0.29) is 0 Å². The van der Waals surface area contributed by atoms with E-state index in [0.29, 0.717) is 0 Å². The van der Waals surface area contributed by atoms with Gasteiger partial charge in [0, 0.05) is 32.9 Å². The van der Waals surface area contributed by atoms with Gasteiger partial charge < -0.3 is 9.13 Å². The highest BCUT2D eigenvalue weighted by atomic mass is 15.0. The Morgan fingerprint density at radius 2 is 0.750 bits per heavy atom. The molecule has 2 nitrogen and oxygen atoms in total. The molecule has 0 amide bonds. The van der Waals surface area contributed by atoms with E-state index in [2.05, 4.69) is 191 Å². The predicted molar refractivity (Wildman–Crippen MR) is 203 cm³/mol. The molecule has 0 saturated heterocycles. The lowest BCUT2D eigenvalue weighted by Crippen LogP contribution is -1.95. The topological polar surface area (TPSA) is 9.86 Å². The van der Waals surface area contributed by atoms with Crippen molar-refractivity contribution in [1.82, 2.24) is 9.13 Å². The van der Waals surface area contributed by atoms with E-state index in [1.807, 2.05) is 0 Å². The molecule has 0 radical (unpaired) electrons. The molecular weight excluding hydrogens is 581 g/mol. The SMILES string of the molecule is c1ccc(-c2cccc(-n3c4ccccc4c4ccc(-c5ccc6c7ccccc7n(-c7ccc8ccccc8c7)c6c5)cc43)c2)cc1. The van der Waals surface area contributed by atoms with E-state index in [4.69, 9.17) is 0 Å². The summed E-state index contributed by atoms with van der Waals surface area (Å²) in [6, 6.07) is 66.3. The maximum atomic E-state index is 2.42. The van der Waals surface area contributed by atoms with E-state index < -0.39 is 0 Å². The number of aromatic nitrogens is 2. The van der Waals surface area contributed by atoms with E-state index in [9.17, 15) is 0 Å². The van der Waals surface area contributed by atoms with Crippen LogP contribution in [0.4, 0.5) is 0 Å². The summed E-state index contributed by atoms with van der Waals surface area (Å²) in [6.07, 6.45) is 0. The second kappa shape index (κ2) is 10.6. The summed E-state index contributed by atoms with van der Waals surface area (Å²) >= 11 is 0. The Morgan fingerprint density at radius 1 is 0.250 bits per heavy atom. The minimum absolute atomic E-state index is 1.16. The first-order chi connectivity index (χ1) is 23.8. The van der Waals surface area contributed by atoms with Gasteiger partial charge in [-0.15, -0.1) is 0 Å². The van der Waals surface area contributed by atoms with Gasteiger partial charge in [0.1, 0.15) is 0 Å². The molecule has 2 heterocycles. The van der Waals surface area contributed by atoms with E-state index in [1.165, 1.54) is 82.3 Å². The highest BCUT2D eigenvalue weighted by Crippen LogP contribution is 2.39. The van der Waals surface area contributed by atoms with Crippen molar-refractivity contribution in [1.29, 1.82) is 0 Å². The van der Waals surface area contributed by atoms with Crippen molar-refractivity contribution in [2.45, 2.75) is 0 Å². The largest absolute Gasteiger partial charge is 0.309 e. The third kappa shape index (κ3) is 4.13. The van der Waals surface area contributed by atoms with Crippen LogP contribution >= 0.6 is 0 Å². The van der Waals surface area contributed by atoms with Crippen LogP contribution in [0.15, 0.2) is 182 Å². The molecule has 2 heteroatoms. The average molecular weight is 611 g/mol. The first-order valence-corrected chi connectivity index (χ1v) is 16.5. The summed E-state index contributed by atoms with van der Waals surface area (Å²) in [5.41, 5.74) is 12.0. The van der Waals surface area contributed by atoms with Crippen molar-refractivity contribution in [2.75, 3.05) is 0 Å². The van der Waals surface area contributed by atoms with Gasteiger partial charge in [0.15, 0.2) is 0 Å². The van der Waals surface area contributed by atoms with Crippen LogP contribution in [0.5, 0.6) is 0 Å². The zero-order chi connectivity index (χ0) is 31.6. The normalized spacial score (nSPS) is 11.8. The molecule has 0 spiro atoms. The Morgan fingerprint density at radius 3 is 1.42 bits per heavy atom. The van der Waals surface area contributed by atoms with Gasteiger partial charge in [0.25, 0.3) is 0 Å². The smallest absolute Gasteiger partial charge is 0.0547 e. The number of hydrogen-bond acceptors (Lipinski definition) is 0. The van der Waals surface area contributed by atoms with Gasteiger partial charge in [0.05, 0.1) is 22.1 Å². The van der Waals surface area contributed by atoms with Gasteiger partial charge >= 0.3 is 0 Å². The number of fused-ring (bicyclic) bond motifs is 7. The minimum Gasteiger partial charge on any atom is -0.309 e. The van der Waals surface area contributed by atoms with Crippen LogP contribution in [0.2, 0.25) is 0 Å². The molecule has 8 aromatic carbocycles. The van der Waals surface area contributed by atoms with Gasteiger partial charge in [0.2, 0.25) is 0 Å². The molecule has 0 N–H and O–H groups in total. The number of hydrogen-bond donors (Lipinski definition) is 0. The molecular formula is C46H30N2. The standard InChI is InChI=1S/C46H30N2/c1-2-11-31(12-3-1)34-15-10-16-37(27-34)47-43-19-8-6-17-39(43)41-25-22-35(29-45(41)47)36-23-26-42-40-18-7-9-20-44(40)48(46(42)30-36)38-24-21-32-13-4-5-14-33(32)28-38/h1-30H. The van der Waals surface area contributed by atoms with Crippen LogP contribution in [0.25, 0.3) is 88.0 Å². The number of rotatable bonds is 4. The maximum Gasteiger partial charge on any atom is 0.0547 e. The number of benzene rings is 8. The van der Waals surface area contributed by atoms with Crippen molar-refractivity contribution in [3.63, 3.8) is 0 Å². The third-order valence-corrected chi connectivity index (χ3v) is 9.88. The Balaban J connectivity index is 1.19. The van der Waals surface area contributed by atoms with Crippen LogP contribution in [0.3, 0.4) is 0 Å². The zero-order valence-electron chi connectivity index (χ0n) is 26.2. The van der Waals surface area contributed by atoms with Gasteiger partial charge in [-0.25, -0.2) is 0 Å². The quantitative estimate of drug-likeness (QED) is 0.188. The van der Waals surface area contributed by atoms with E-state index >= 15 is 0 Å². The molecule has 0 aliphatic carbocycles. The molecule has 0 bridgehead atoms. The summed E-state index contributed by atoms with van der Waals surface area (Å²) in [5, 5.41) is 7.53. The molecule has 2 aromatic heterocycles. The second-order valence-electron chi connectivity index (χ2n) is 12.6. The lowest BCUT2D eigenvalue weighted by molar-refractivity contribution is 1.18. The molecule has 0 atom stereocenters. The third-order valence-electron chi connectivity index (χ3n) is 9.88. The molecule has 0 aliphatic rings. The first-order valence-electron chi connectivity index (χ1n) is 16.5. The molecule has 0 saturated carbocycles. The first kappa shape index (κ1) is 26.8. The van der Waals surface area contributed by atoms with Crippen LogP contribution in [-0.2, 0) is 0 Å². The highest BCUT2D eigenvalue weighted by Gasteiger charge is 2.16. The fourth-order valence-electron chi connectivity index (χ4n) is 7.63. The Hall–Kier alpha value is -6.38. The zero-order valence-corrected chi connectivity index (χ0v) is 26.2. The summed E-state index contributed by atoms with van der Waals surface area (Å²) in [6.45, 7) is 0. The van der Waals surface area contributed by atoms with E-state index in [0.717, 1.165) is 5.69 Å². The number of nitrogens with zero attached hydrogens (tertiary/aromatic N) is 2. The molecule has 48 heavy (non-hydrogen) atoms. The monoisotopic (exact) mass is 610 g/mol. The number of para-hydroxylation sites is 2. The van der Waals surface area contributed by atoms with Crippen molar-refractivity contribution in [2.24, 2.45) is 0 Å². The molecule has 0 fully saturated rings. The van der Waals surface area contributed by atoms with Crippen molar-refractivity contribution >= 4 is 54.4 Å². The predicted octanol–water partition coefficient (Wildman–Crippen LogP) is 12.4. The Labute approximate surface area is 278 Å². The minimum atomic E-state index is 1.16. The molecule has 0 unspecified atom stereocenters. The Bertz CT molecular complexity index is 2830. The van der Waals surface area contributed by atoms with Crippen LogP contribution in [0.1, 0.15) is 0 Å². The molecule has 10 rings (SSSR count). The Kier molecular flexibility index (Phi) is 5.91. The van der Waals surface area contributed by atoms with Crippen LogP contribution in [-0.4, -0.2) is 9.13 Å². The van der Waals surface area contributed by atoms with Gasteiger partial charge in [-0.3, -0.25) is 0 Å². The molecule has 0 aliphatic heterocycles. The maximum absolute atomic E-state index is 2.42. The van der Waals surface area contributed by atoms with Gasteiger partial charge in [-0.2, -0.15) is 0 Å². The highest BCUT2D eigenvalue weighted by molar-refractivity contribution is 6.12. The molecule has 224 valence electrons. The average Bonchev–Trinajstić information content (AvgIpc) is 3.67. The summed E-state index contributed by atoms with van der Waals surface area (Å²) in [7, 11) is 0. The van der Waals surface area contributed by atoms with Gasteiger partial charge in [-0.1, -0.05) is 133 Å². The lowest BCUT2D eigenvalue weighted by Gasteiger charge is -2.12. The van der Waals surface area contributed by atoms with Gasteiger partial charge in [-0.05, 0) is 81.6 Å². The summed E-state index contributed by atoms with van der Waals surface area (Å²) in [5.74, 6) is 0. The lowest BCUT2D eigenvalue weighted by atomic mass is 10.0. The van der Waals surface area contributed by atoms with Crippen molar-refractivity contribution in [3.8, 4) is 33.6 Å². The van der Waals surface area contributed by atoms with Crippen LogP contribution < -0.4 is 0 Å². The summed E-state index contributed by atoms with van der Waals surface area (Å²) in [4.78, 5) is 0. The van der Waals surface area contributed by atoms with Crippen molar-refractivity contribution < 1.29 is 0 Å². The second-order valence-corrected chi connectivity index (χ2v) is 12.6.